The van der Waals surface area contributed by atoms with Crippen LogP contribution < -0.4 is 0 Å². The minimum Gasteiger partial charge on any atom is -0.508 e. The van der Waals surface area contributed by atoms with E-state index >= 15 is 0 Å². The predicted molar refractivity (Wildman–Crippen MR) is 63.7 cm³/mol. The first-order chi connectivity index (χ1) is 7.72. The molecule has 90 valence electrons. The van der Waals surface area contributed by atoms with Gasteiger partial charge in [0.2, 0.25) is 0 Å². The summed E-state index contributed by atoms with van der Waals surface area (Å²) in [5, 5.41) is 9.12. The Morgan fingerprint density at radius 2 is 1.94 bits per heavy atom. The molecule has 1 N–H and O–H groups in total. The Bertz CT molecular complexity index is 282. The van der Waals surface area contributed by atoms with E-state index in [9.17, 15) is 0 Å². The molecule has 0 radical (unpaired) electrons. The number of hydrogen-bond acceptors (Lipinski definition) is 3. The minimum atomic E-state index is 0.161. The van der Waals surface area contributed by atoms with Gasteiger partial charge in [-0.1, -0.05) is 12.1 Å². The van der Waals surface area contributed by atoms with Gasteiger partial charge in [0.1, 0.15) is 5.75 Å². The molecule has 0 aliphatic rings. The number of phenolic OH excluding ortho intramolecular Hbond substituents is 1. The van der Waals surface area contributed by atoms with Gasteiger partial charge in [0, 0.05) is 13.7 Å². The molecule has 0 saturated carbocycles. The fraction of sp³-hybridized carbons (Fsp3) is 0.538. The maximum Gasteiger partial charge on any atom is 0.115 e. The van der Waals surface area contributed by atoms with Crippen LogP contribution in [0, 0.1) is 0 Å². The Morgan fingerprint density at radius 3 is 2.56 bits per heavy atom. The van der Waals surface area contributed by atoms with Crippen molar-refractivity contribution in [1.82, 2.24) is 0 Å². The van der Waals surface area contributed by atoms with E-state index in [4.69, 9.17) is 14.6 Å². The Balaban J connectivity index is 2.09. The maximum atomic E-state index is 9.12. The van der Waals surface area contributed by atoms with Crippen molar-refractivity contribution >= 4 is 0 Å². The van der Waals surface area contributed by atoms with E-state index in [0.29, 0.717) is 12.4 Å². The molecule has 3 nitrogen and oxygen atoms in total. The molecule has 1 atom stereocenters. The van der Waals surface area contributed by atoms with E-state index in [1.165, 1.54) is 5.56 Å². The average molecular weight is 224 g/mol. The molecule has 0 saturated heterocycles. The smallest absolute Gasteiger partial charge is 0.115 e. The fourth-order valence-electron chi connectivity index (χ4n) is 1.36. The quantitative estimate of drug-likeness (QED) is 0.723. The van der Waals surface area contributed by atoms with E-state index in [1.54, 1.807) is 19.2 Å². The molecular formula is C13H20O3. The lowest BCUT2D eigenvalue weighted by Gasteiger charge is -2.09. The van der Waals surface area contributed by atoms with E-state index < -0.39 is 0 Å². The number of ether oxygens (including phenoxy) is 2. The molecule has 0 fully saturated rings. The van der Waals surface area contributed by atoms with Crippen LogP contribution in [0.15, 0.2) is 24.3 Å². The van der Waals surface area contributed by atoms with Gasteiger partial charge in [-0.05, 0) is 37.5 Å². The average Bonchev–Trinajstić information content (AvgIpc) is 2.31. The molecule has 16 heavy (non-hydrogen) atoms. The van der Waals surface area contributed by atoms with Crippen LogP contribution in [-0.2, 0) is 15.9 Å². The van der Waals surface area contributed by atoms with Crippen LogP contribution in [0.5, 0.6) is 5.75 Å². The first-order valence-electron chi connectivity index (χ1n) is 5.61. The summed E-state index contributed by atoms with van der Waals surface area (Å²) >= 11 is 0. The van der Waals surface area contributed by atoms with Gasteiger partial charge in [0.05, 0.1) is 12.7 Å². The maximum absolute atomic E-state index is 9.12. The lowest BCUT2D eigenvalue weighted by atomic mass is 10.1. The van der Waals surface area contributed by atoms with Crippen LogP contribution in [-0.4, -0.2) is 31.5 Å². The lowest BCUT2D eigenvalue weighted by Crippen LogP contribution is -2.14. The van der Waals surface area contributed by atoms with Crippen molar-refractivity contribution in [2.75, 3.05) is 20.3 Å². The number of aromatic hydroxyl groups is 1. The molecule has 0 heterocycles. The van der Waals surface area contributed by atoms with Gasteiger partial charge in [-0.2, -0.15) is 0 Å². The summed E-state index contributed by atoms with van der Waals surface area (Å²) in [6.45, 7) is 3.38. The third-order valence-corrected chi connectivity index (χ3v) is 2.45. The molecule has 0 aliphatic carbocycles. The highest BCUT2D eigenvalue weighted by Crippen LogP contribution is 2.11. The Hall–Kier alpha value is -1.06. The molecule has 1 aromatic carbocycles. The zero-order valence-corrected chi connectivity index (χ0v) is 9.98. The van der Waals surface area contributed by atoms with Crippen molar-refractivity contribution in [2.24, 2.45) is 0 Å². The third kappa shape index (κ3) is 5.14. The second kappa shape index (κ2) is 7.25. The van der Waals surface area contributed by atoms with E-state index in [0.717, 1.165) is 19.4 Å². The van der Waals surface area contributed by atoms with Gasteiger partial charge in [0.15, 0.2) is 0 Å². The van der Waals surface area contributed by atoms with Crippen LogP contribution in [0.1, 0.15) is 18.9 Å². The van der Waals surface area contributed by atoms with Gasteiger partial charge in [-0.3, -0.25) is 0 Å². The summed E-state index contributed by atoms with van der Waals surface area (Å²) < 4.78 is 10.5. The number of rotatable bonds is 7. The van der Waals surface area contributed by atoms with Crippen LogP contribution in [0.3, 0.4) is 0 Å². The number of hydrogen-bond donors (Lipinski definition) is 1. The molecule has 0 bridgehead atoms. The van der Waals surface area contributed by atoms with Crippen LogP contribution in [0.25, 0.3) is 0 Å². The molecule has 1 rings (SSSR count). The highest BCUT2D eigenvalue weighted by Gasteiger charge is 1.99. The third-order valence-electron chi connectivity index (χ3n) is 2.45. The van der Waals surface area contributed by atoms with Crippen molar-refractivity contribution in [3.63, 3.8) is 0 Å². The molecule has 0 spiro atoms. The van der Waals surface area contributed by atoms with Crippen LogP contribution >= 0.6 is 0 Å². The molecule has 3 heteroatoms. The summed E-state index contributed by atoms with van der Waals surface area (Å²) in [5.74, 6) is 0.314. The van der Waals surface area contributed by atoms with Crippen molar-refractivity contribution in [3.05, 3.63) is 29.8 Å². The lowest BCUT2D eigenvalue weighted by molar-refractivity contribution is 0.0179. The number of aryl methyl sites for hydroxylation is 1. The summed E-state index contributed by atoms with van der Waals surface area (Å²) in [6, 6.07) is 7.30. The summed E-state index contributed by atoms with van der Waals surface area (Å²) in [4.78, 5) is 0. The standard InChI is InChI=1S/C13H20O3/c1-11(15-2)10-16-9-3-4-12-5-7-13(14)8-6-12/h5-8,11,14H,3-4,9-10H2,1-2H3/t11-/m0/s1. The number of methoxy groups -OCH3 is 1. The topological polar surface area (TPSA) is 38.7 Å². The van der Waals surface area contributed by atoms with Gasteiger partial charge in [0.25, 0.3) is 0 Å². The number of benzene rings is 1. The second-order valence-electron chi connectivity index (χ2n) is 3.89. The largest absolute Gasteiger partial charge is 0.508 e. The second-order valence-corrected chi connectivity index (χ2v) is 3.89. The van der Waals surface area contributed by atoms with Crippen molar-refractivity contribution in [3.8, 4) is 5.75 Å². The van der Waals surface area contributed by atoms with Gasteiger partial charge in [-0.15, -0.1) is 0 Å². The molecular weight excluding hydrogens is 204 g/mol. The minimum absolute atomic E-state index is 0.161. The SMILES string of the molecule is CO[C@@H](C)COCCCc1ccc(O)cc1. The number of phenols is 1. The summed E-state index contributed by atoms with van der Waals surface area (Å²) in [5.41, 5.74) is 1.22. The zero-order valence-electron chi connectivity index (χ0n) is 9.98. The highest BCUT2D eigenvalue weighted by atomic mass is 16.5. The molecule has 0 unspecified atom stereocenters. The Kier molecular flexibility index (Phi) is 5.90. The van der Waals surface area contributed by atoms with E-state index in [-0.39, 0.29) is 6.10 Å². The van der Waals surface area contributed by atoms with E-state index in [2.05, 4.69) is 0 Å². The molecule has 0 aliphatic heterocycles. The van der Waals surface area contributed by atoms with E-state index in [1.807, 2.05) is 19.1 Å². The fourth-order valence-corrected chi connectivity index (χ4v) is 1.36. The van der Waals surface area contributed by atoms with Crippen molar-refractivity contribution in [1.29, 1.82) is 0 Å². The summed E-state index contributed by atoms with van der Waals surface area (Å²) in [6.07, 6.45) is 2.12. The molecule has 1 aromatic rings. The Labute approximate surface area is 97.0 Å². The first kappa shape index (κ1) is 13.0. The highest BCUT2D eigenvalue weighted by molar-refractivity contribution is 5.25. The van der Waals surface area contributed by atoms with Gasteiger partial charge in [-0.25, -0.2) is 0 Å². The summed E-state index contributed by atoms with van der Waals surface area (Å²) in [7, 11) is 1.68. The monoisotopic (exact) mass is 224 g/mol. The van der Waals surface area contributed by atoms with Crippen LogP contribution in [0.4, 0.5) is 0 Å². The first-order valence-corrected chi connectivity index (χ1v) is 5.61. The zero-order chi connectivity index (χ0) is 11.8. The van der Waals surface area contributed by atoms with Crippen LogP contribution in [0.2, 0.25) is 0 Å². The van der Waals surface area contributed by atoms with Gasteiger partial charge >= 0.3 is 0 Å². The Morgan fingerprint density at radius 1 is 1.25 bits per heavy atom. The normalized spacial score (nSPS) is 12.6. The predicted octanol–water partition coefficient (Wildman–Crippen LogP) is 2.38. The molecule has 0 amide bonds. The van der Waals surface area contributed by atoms with Crippen molar-refractivity contribution < 1.29 is 14.6 Å². The van der Waals surface area contributed by atoms with Crippen molar-refractivity contribution in [2.45, 2.75) is 25.9 Å². The van der Waals surface area contributed by atoms with Gasteiger partial charge < -0.3 is 14.6 Å². The molecule has 0 aromatic heterocycles.